The number of ether oxygens (including phenoxy) is 1. The molecule has 1 saturated carbocycles. The summed E-state index contributed by atoms with van der Waals surface area (Å²) < 4.78 is 59.5. The van der Waals surface area contributed by atoms with E-state index >= 15 is 0 Å². The van der Waals surface area contributed by atoms with Crippen LogP contribution in [0.25, 0.3) is 0 Å². The Kier molecular flexibility index (Phi) is 9.66. The number of hydrogen-bond donors (Lipinski definition) is 3. The van der Waals surface area contributed by atoms with Crippen molar-refractivity contribution in [1.82, 2.24) is 15.5 Å². The van der Waals surface area contributed by atoms with Crippen molar-refractivity contribution >= 4 is 29.6 Å². The van der Waals surface area contributed by atoms with Crippen LogP contribution >= 0.6 is 0 Å². The van der Waals surface area contributed by atoms with Gasteiger partial charge in [-0.2, -0.15) is 0 Å². The van der Waals surface area contributed by atoms with E-state index in [0.29, 0.717) is 0 Å². The minimum Gasteiger partial charge on any atom is -0.444 e. The molecular weight excluding hydrogens is 528 g/mol. The zero-order chi connectivity index (χ0) is 30.1. The lowest BCUT2D eigenvalue weighted by molar-refractivity contribution is -0.145. The maximum Gasteiger partial charge on any atom is 0.408 e. The van der Waals surface area contributed by atoms with Crippen LogP contribution in [0.3, 0.4) is 0 Å². The third-order valence-corrected chi connectivity index (χ3v) is 6.75. The van der Waals surface area contributed by atoms with E-state index in [1.807, 2.05) is 0 Å². The number of likely N-dealkylation sites (tertiary alicyclic amines) is 1. The molecule has 1 aliphatic heterocycles. The van der Waals surface area contributed by atoms with Crippen molar-refractivity contribution in [3.63, 3.8) is 0 Å². The lowest BCUT2D eigenvalue weighted by Crippen LogP contribution is -2.60. The Morgan fingerprint density at radius 2 is 1.59 bits per heavy atom. The smallest absolute Gasteiger partial charge is 0.408 e. The lowest BCUT2D eigenvalue weighted by atomic mass is 9.85. The topological polar surface area (TPSA) is 148 Å². The van der Waals surface area contributed by atoms with E-state index in [1.54, 1.807) is 41.5 Å². The number of halogens is 4. The molecule has 0 aromatic heterocycles. The number of carbonyl (C=O) groups is 5. The molecule has 10 nitrogen and oxygen atoms in total. The van der Waals surface area contributed by atoms with E-state index in [9.17, 15) is 41.5 Å². The Morgan fingerprint density at radius 1 is 1.00 bits per heavy atom. The van der Waals surface area contributed by atoms with Crippen LogP contribution in [0.1, 0.15) is 67.2 Å². The highest BCUT2D eigenvalue weighted by atomic mass is 19.3. The molecule has 0 aromatic carbocycles. The van der Waals surface area contributed by atoms with E-state index in [1.165, 1.54) is 0 Å². The quantitative estimate of drug-likeness (QED) is 0.288. The van der Waals surface area contributed by atoms with Gasteiger partial charge >= 0.3 is 6.09 Å². The third kappa shape index (κ3) is 8.53. The summed E-state index contributed by atoms with van der Waals surface area (Å²) in [6.45, 7) is 9.60. The molecule has 0 aromatic rings. The van der Waals surface area contributed by atoms with Crippen LogP contribution < -0.4 is 16.4 Å². The number of nitrogens with zero attached hydrogens (tertiary/aromatic N) is 1. The van der Waals surface area contributed by atoms with Gasteiger partial charge in [0.2, 0.25) is 29.9 Å². The normalized spacial score (nSPS) is 24.1. The van der Waals surface area contributed by atoms with Gasteiger partial charge in [-0.25, -0.2) is 22.4 Å². The van der Waals surface area contributed by atoms with E-state index in [2.05, 4.69) is 10.6 Å². The van der Waals surface area contributed by atoms with Crippen molar-refractivity contribution in [2.24, 2.45) is 23.0 Å². The van der Waals surface area contributed by atoms with Crippen molar-refractivity contribution in [1.29, 1.82) is 0 Å². The van der Waals surface area contributed by atoms with Crippen LogP contribution in [0.4, 0.5) is 22.4 Å². The monoisotopic (exact) mass is 566 g/mol. The summed E-state index contributed by atoms with van der Waals surface area (Å²) in [5.74, 6) is -9.46. The third-order valence-electron chi connectivity index (χ3n) is 6.75. The highest BCUT2D eigenvalue weighted by Crippen LogP contribution is 2.50. The number of nitrogens with two attached hydrogens (primary N) is 1. The molecule has 4 amide bonds. The van der Waals surface area contributed by atoms with Gasteiger partial charge in [-0.15, -0.1) is 0 Å². The average molecular weight is 567 g/mol. The van der Waals surface area contributed by atoms with Crippen molar-refractivity contribution in [3.8, 4) is 0 Å². The molecule has 222 valence electrons. The predicted octanol–water partition coefficient (Wildman–Crippen LogP) is 2.38. The first-order chi connectivity index (χ1) is 17.6. The largest absolute Gasteiger partial charge is 0.444 e. The van der Waals surface area contributed by atoms with Gasteiger partial charge in [-0.3, -0.25) is 19.2 Å². The Labute approximate surface area is 224 Å². The van der Waals surface area contributed by atoms with Gasteiger partial charge in [0.1, 0.15) is 17.7 Å². The highest BCUT2D eigenvalue weighted by molar-refractivity contribution is 6.37. The molecule has 1 aliphatic carbocycles. The van der Waals surface area contributed by atoms with Crippen molar-refractivity contribution in [2.45, 2.75) is 103 Å². The lowest BCUT2D eigenvalue weighted by Gasteiger charge is -2.37. The predicted molar refractivity (Wildman–Crippen MR) is 131 cm³/mol. The summed E-state index contributed by atoms with van der Waals surface area (Å²) in [6.07, 6.45) is -6.51. The molecule has 39 heavy (non-hydrogen) atoms. The first-order valence-corrected chi connectivity index (χ1v) is 12.7. The number of ketones is 1. The van der Waals surface area contributed by atoms with Crippen molar-refractivity contribution < 1.29 is 46.3 Å². The van der Waals surface area contributed by atoms with Crippen LogP contribution in [0.2, 0.25) is 0 Å². The summed E-state index contributed by atoms with van der Waals surface area (Å²) >= 11 is 0. The molecule has 2 rings (SSSR count). The number of amides is 4. The second kappa shape index (κ2) is 11.7. The number of fused-ring (bicyclic) bond motifs is 1. The van der Waals surface area contributed by atoms with Crippen LogP contribution in [0, 0.1) is 17.3 Å². The SMILES string of the molecule is CC(C)(C)OC(=O)N[C@H](C(=O)N1C[C@@H]2CC(F)(F)C[C@@H]2[C@H]1C(=O)NC(CCC(F)F)C(=O)C(N)=O)C(C)(C)C. The van der Waals surface area contributed by atoms with Gasteiger partial charge in [0.15, 0.2) is 0 Å². The second-order valence-corrected chi connectivity index (χ2v) is 12.3. The Morgan fingerprint density at radius 3 is 2.08 bits per heavy atom. The molecule has 0 radical (unpaired) electrons. The second-order valence-electron chi connectivity index (χ2n) is 12.3. The fourth-order valence-electron chi connectivity index (χ4n) is 5.09. The zero-order valence-electron chi connectivity index (χ0n) is 23.0. The molecule has 1 unspecified atom stereocenters. The van der Waals surface area contributed by atoms with Gasteiger partial charge in [0.25, 0.3) is 5.91 Å². The standard InChI is InChI=1S/C25H38F4N4O6/c1-23(2,3)18(32-22(38)39-24(4,5)6)21(37)33-11-12-9-25(28,29)10-13(12)16(33)20(36)31-14(7-8-15(26)27)17(34)19(30)35/h12-16,18H,7-11H2,1-6H3,(H2,30,35)(H,31,36)(H,32,38)/t12-,13-,14?,16-,18+/m0/s1. The number of hydrogen-bond acceptors (Lipinski definition) is 6. The number of Topliss-reactive ketones (excluding diaryl/α,β-unsaturated/α-hetero) is 1. The molecule has 1 saturated heterocycles. The number of carbonyl (C=O) groups excluding carboxylic acids is 5. The zero-order valence-corrected chi connectivity index (χ0v) is 23.0. The van der Waals surface area contributed by atoms with Crippen molar-refractivity contribution in [3.05, 3.63) is 0 Å². The Hall–Kier alpha value is -2.93. The molecule has 5 atom stereocenters. The summed E-state index contributed by atoms with van der Waals surface area (Å²) in [5.41, 5.74) is 3.22. The van der Waals surface area contributed by atoms with Crippen LogP contribution in [0.5, 0.6) is 0 Å². The fourth-order valence-corrected chi connectivity index (χ4v) is 5.09. The fraction of sp³-hybridized carbons (Fsp3) is 0.800. The summed E-state index contributed by atoms with van der Waals surface area (Å²) in [5, 5.41) is 4.70. The van der Waals surface area contributed by atoms with Gasteiger partial charge in [-0.1, -0.05) is 20.8 Å². The van der Waals surface area contributed by atoms with E-state index in [0.717, 1.165) is 4.90 Å². The Bertz CT molecular complexity index is 979. The van der Waals surface area contributed by atoms with Gasteiger partial charge in [0.05, 0.1) is 6.04 Å². The minimum atomic E-state index is -3.10. The summed E-state index contributed by atoms with van der Waals surface area (Å²) in [4.78, 5) is 64.5. The number of alkyl halides is 4. The highest BCUT2D eigenvalue weighted by Gasteiger charge is 2.59. The molecular formula is C25H38F4N4O6. The average Bonchev–Trinajstić information content (AvgIpc) is 3.23. The molecule has 2 aliphatic rings. The molecule has 4 N–H and O–H groups in total. The summed E-state index contributed by atoms with van der Waals surface area (Å²) in [6, 6.07) is -4.46. The number of rotatable bonds is 9. The first-order valence-electron chi connectivity index (χ1n) is 12.7. The van der Waals surface area contributed by atoms with E-state index in [4.69, 9.17) is 10.5 Å². The Balaban J connectivity index is 2.40. The molecule has 14 heteroatoms. The van der Waals surface area contributed by atoms with Crippen molar-refractivity contribution in [2.75, 3.05) is 6.54 Å². The number of nitrogens with one attached hydrogen (secondary N) is 2. The maximum absolute atomic E-state index is 14.3. The van der Waals surface area contributed by atoms with Crippen LogP contribution in [-0.4, -0.2) is 77.1 Å². The van der Waals surface area contributed by atoms with Gasteiger partial charge in [0, 0.05) is 25.8 Å². The molecule has 2 fully saturated rings. The first kappa shape index (κ1) is 32.3. The van der Waals surface area contributed by atoms with Crippen LogP contribution in [-0.2, 0) is 23.9 Å². The van der Waals surface area contributed by atoms with Gasteiger partial charge < -0.3 is 26.0 Å². The molecule has 0 spiro atoms. The number of primary amides is 1. The van der Waals surface area contributed by atoms with E-state index < -0.39 is 109 Å². The van der Waals surface area contributed by atoms with Crippen LogP contribution in [0.15, 0.2) is 0 Å². The summed E-state index contributed by atoms with van der Waals surface area (Å²) in [7, 11) is 0. The maximum atomic E-state index is 14.3. The van der Waals surface area contributed by atoms with Gasteiger partial charge in [-0.05, 0) is 44.4 Å². The molecule has 0 bridgehead atoms. The van der Waals surface area contributed by atoms with E-state index in [-0.39, 0.29) is 6.54 Å². The minimum absolute atomic E-state index is 0.231. The molecule has 1 heterocycles. The number of alkyl carbamates (subject to hydrolysis) is 1.